The lowest BCUT2D eigenvalue weighted by Gasteiger charge is -2.21. The summed E-state index contributed by atoms with van der Waals surface area (Å²) < 4.78 is 38.4. The van der Waals surface area contributed by atoms with Crippen LogP contribution in [0.15, 0.2) is 65.6 Å². The van der Waals surface area contributed by atoms with E-state index in [9.17, 15) is 18.0 Å². The fourth-order valence-electron chi connectivity index (χ4n) is 5.48. The molecule has 3 N–H and O–H groups in total. The zero-order valence-corrected chi connectivity index (χ0v) is 22.3. The smallest absolute Gasteiger partial charge is 0.243 e. The van der Waals surface area contributed by atoms with Crippen LogP contribution in [0, 0.1) is 6.92 Å². The number of amides is 2. The number of nitrogens with zero attached hydrogens (tertiary/aromatic N) is 1. The van der Waals surface area contributed by atoms with Crippen LogP contribution >= 0.6 is 0 Å². The number of ether oxygens (including phenoxy) is 2. The van der Waals surface area contributed by atoms with Crippen LogP contribution in [0.3, 0.4) is 0 Å². The molecule has 0 aromatic heterocycles. The Morgan fingerprint density at radius 3 is 2.46 bits per heavy atom. The predicted octanol–water partition coefficient (Wildman–Crippen LogP) is 3.70. The summed E-state index contributed by atoms with van der Waals surface area (Å²) in [6.45, 7) is 2.41. The quantitative estimate of drug-likeness (QED) is 0.464. The van der Waals surface area contributed by atoms with E-state index in [4.69, 9.17) is 15.2 Å². The third-order valence-electron chi connectivity index (χ3n) is 7.91. The van der Waals surface area contributed by atoms with E-state index in [0.717, 1.165) is 35.1 Å². The van der Waals surface area contributed by atoms with Crippen molar-refractivity contribution in [3.05, 3.63) is 71.8 Å². The van der Waals surface area contributed by atoms with Crippen molar-refractivity contribution >= 4 is 27.5 Å². The van der Waals surface area contributed by atoms with Gasteiger partial charge in [-0.1, -0.05) is 24.3 Å². The van der Waals surface area contributed by atoms with E-state index < -0.39 is 27.4 Å². The second kappa shape index (κ2) is 9.39. The first-order valence-electron chi connectivity index (χ1n) is 12.9. The van der Waals surface area contributed by atoms with E-state index in [-0.39, 0.29) is 24.1 Å². The molecule has 0 spiro atoms. The molecule has 3 aromatic carbocycles. The molecule has 2 aliphatic heterocycles. The predicted molar refractivity (Wildman–Crippen MR) is 145 cm³/mol. The monoisotopic (exact) mass is 547 g/mol. The molecular formula is C29H29N3O6S. The Bertz CT molecular complexity index is 1580. The van der Waals surface area contributed by atoms with Crippen LogP contribution in [0.25, 0.3) is 11.1 Å². The Morgan fingerprint density at radius 1 is 1.00 bits per heavy atom. The Balaban J connectivity index is 1.22. The lowest BCUT2D eigenvalue weighted by Crippen LogP contribution is -2.43. The minimum atomic E-state index is -3.85. The average Bonchev–Trinajstić information content (AvgIpc) is 3.34. The molecule has 39 heavy (non-hydrogen) atoms. The summed E-state index contributed by atoms with van der Waals surface area (Å²) in [5.41, 5.74) is 9.06. The molecule has 9 nitrogen and oxygen atoms in total. The first-order chi connectivity index (χ1) is 18.7. The molecule has 3 aromatic rings. The number of anilines is 1. The van der Waals surface area contributed by atoms with Crippen molar-refractivity contribution in [1.82, 2.24) is 4.31 Å². The van der Waals surface area contributed by atoms with Gasteiger partial charge in [0.15, 0.2) is 11.5 Å². The van der Waals surface area contributed by atoms with Gasteiger partial charge in [0, 0.05) is 12.2 Å². The number of carbonyl (C=O) groups excluding carboxylic acids is 2. The first-order valence-corrected chi connectivity index (χ1v) is 14.4. The fraction of sp³-hybridized carbons (Fsp3) is 0.310. The molecule has 2 amide bonds. The number of fused-ring (bicyclic) bond motifs is 1. The maximum Gasteiger partial charge on any atom is 0.243 e. The minimum absolute atomic E-state index is 0.0766. The van der Waals surface area contributed by atoms with Crippen LogP contribution in [0.2, 0.25) is 0 Å². The van der Waals surface area contributed by atoms with Gasteiger partial charge in [-0.05, 0) is 91.3 Å². The molecule has 6 rings (SSSR count). The molecule has 1 atom stereocenters. The van der Waals surface area contributed by atoms with Crippen LogP contribution in [0.4, 0.5) is 5.69 Å². The molecule has 1 aliphatic carbocycles. The van der Waals surface area contributed by atoms with Crippen LogP contribution in [0.5, 0.6) is 11.5 Å². The number of carbonyl (C=O) groups is 2. The molecule has 3 aliphatic rings. The van der Waals surface area contributed by atoms with Crippen molar-refractivity contribution in [3.8, 4) is 22.6 Å². The number of nitrogens with two attached hydrogens (primary N) is 1. The Morgan fingerprint density at radius 2 is 1.74 bits per heavy atom. The van der Waals surface area contributed by atoms with Crippen LogP contribution < -0.4 is 20.5 Å². The van der Waals surface area contributed by atoms with Gasteiger partial charge in [-0.3, -0.25) is 9.59 Å². The molecule has 202 valence electrons. The standard InChI is InChI=1S/C29H29N3O6S/c1-18-4-8-21(31-28(34)29(12-13-29)20-7-11-25-26(15-20)38-17-37-25)16-23(18)19-5-9-22(10-6-19)39(35,36)32-14-2-3-24(32)27(30)33/h4-11,15-16,24H,2-3,12-14,17H2,1H3,(H2,30,33)(H,31,34)/t24-/m0/s1. The number of sulfonamides is 1. The number of nitrogens with one attached hydrogen (secondary N) is 1. The summed E-state index contributed by atoms with van der Waals surface area (Å²) in [6, 6.07) is 17.1. The lowest BCUT2D eigenvalue weighted by atomic mass is 9.94. The Hall–Kier alpha value is -3.89. The van der Waals surface area contributed by atoms with Gasteiger partial charge >= 0.3 is 0 Å². The first kappa shape index (κ1) is 25.4. The molecule has 0 radical (unpaired) electrons. The molecule has 10 heteroatoms. The highest BCUT2D eigenvalue weighted by Gasteiger charge is 2.51. The highest BCUT2D eigenvalue weighted by atomic mass is 32.2. The number of hydrogen-bond acceptors (Lipinski definition) is 6. The number of aryl methyl sites for hydroxylation is 1. The van der Waals surface area contributed by atoms with Crippen molar-refractivity contribution in [1.29, 1.82) is 0 Å². The van der Waals surface area contributed by atoms with Gasteiger partial charge in [-0.2, -0.15) is 4.31 Å². The highest BCUT2D eigenvalue weighted by Crippen LogP contribution is 2.51. The zero-order chi connectivity index (χ0) is 27.4. The highest BCUT2D eigenvalue weighted by molar-refractivity contribution is 7.89. The maximum atomic E-state index is 13.4. The van der Waals surface area contributed by atoms with Gasteiger partial charge in [0.05, 0.1) is 10.3 Å². The normalized spacial score (nSPS) is 19.6. The van der Waals surface area contributed by atoms with Crippen molar-refractivity contribution in [2.24, 2.45) is 5.73 Å². The number of rotatable bonds is 7. The topological polar surface area (TPSA) is 128 Å². The second-order valence-corrected chi connectivity index (χ2v) is 12.2. The minimum Gasteiger partial charge on any atom is -0.454 e. The fourth-order valence-corrected chi connectivity index (χ4v) is 7.15. The third kappa shape index (κ3) is 4.43. The summed E-state index contributed by atoms with van der Waals surface area (Å²) in [6.07, 6.45) is 2.53. The second-order valence-electron chi connectivity index (χ2n) is 10.3. The van der Waals surface area contributed by atoms with E-state index in [1.807, 2.05) is 43.3 Å². The molecule has 2 fully saturated rings. The van der Waals surface area contributed by atoms with Gasteiger partial charge in [0.1, 0.15) is 6.04 Å². The van der Waals surface area contributed by atoms with Crippen molar-refractivity contribution in [2.45, 2.75) is 49.0 Å². The van der Waals surface area contributed by atoms with E-state index in [1.165, 1.54) is 4.31 Å². The third-order valence-corrected chi connectivity index (χ3v) is 9.83. The largest absolute Gasteiger partial charge is 0.454 e. The van der Waals surface area contributed by atoms with Crippen LogP contribution in [-0.2, 0) is 25.0 Å². The molecule has 0 bridgehead atoms. The molecule has 2 heterocycles. The van der Waals surface area contributed by atoms with Gasteiger partial charge in [-0.15, -0.1) is 0 Å². The van der Waals surface area contributed by atoms with Crippen LogP contribution in [0.1, 0.15) is 36.8 Å². The van der Waals surface area contributed by atoms with Gasteiger partial charge in [0.2, 0.25) is 28.6 Å². The summed E-state index contributed by atoms with van der Waals surface area (Å²) in [4.78, 5) is 25.3. The lowest BCUT2D eigenvalue weighted by molar-refractivity contribution is -0.121. The van der Waals surface area contributed by atoms with Crippen molar-refractivity contribution < 1.29 is 27.5 Å². The Kier molecular flexibility index (Phi) is 6.11. The van der Waals surface area contributed by atoms with Crippen molar-refractivity contribution in [2.75, 3.05) is 18.7 Å². The number of primary amides is 1. The van der Waals surface area contributed by atoms with Gasteiger partial charge in [-0.25, -0.2) is 8.42 Å². The Labute approximate surface area is 227 Å². The summed E-state index contributed by atoms with van der Waals surface area (Å²) in [7, 11) is -3.85. The molecule has 0 unspecified atom stereocenters. The van der Waals surface area contributed by atoms with Crippen molar-refractivity contribution in [3.63, 3.8) is 0 Å². The summed E-state index contributed by atoms with van der Waals surface area (Å²) in [5, 5.41) is 3.08. The van der Waals surface area contributed by atoms with Crippen LogP contribution in [-0.4, -0.2) is 43.9 Å². The summed E-state index contributed by atoms with van der Waals surface area (Å²) in [5.74, 6) is 0.635. The molecular weight excluding hydrogens is 518 g/mol. The zero-order valence-electron chi connectivity index (χ0n) is 21.5. The van der Waals surface area contributed by atoms with E-state index in [2.05, 4.69) is 5.32 Å². The SMILES string of the molecule is Cc1ccc(NC(=O)C2(c3ccc4c(c3)OCO4)CC2)cc1-c1ccc(S(=O)(=O)N2CCC[C@H]2C(N)=O)cc1. The van der Waals surface area contributed by atoms with Gasteiger partial charge in [0.25, 0.3) is 0 Å². The number of hydrogen-bond donors (Lipinski definition) is 2. The maximum absolute atomic E-state index is 13.4. The average molecular weight is 548 g/mol. The van der Waals surface area contributed by atoms with E-state index in [1.54, 1.807) is 24.3 Å². The van der Waals surface area contributed by atoms with E-state index in [0.29, 0.717) is 30.0 Å². The van der Waals surface area contributed by atoms with E-state index >= 15 is 0 Å². The number of benzene rings is 3. The van der Waals surface area contributed by atoms with Gasteiger partial charge < -0.3 is 20.5 Å². The molecule has 1 saturated carbocycles. The summed E-state index contributed by atoms with van der Waals surface area (Å²) >= 11 is 0. The molecule has 1 saturated heterocycles.